The molecule has 0 amide bonds. The third-order valence-electron chi connectivity index (χ3n) is 5.11. The molecule has 1 N–H and O–H groups in total. The van der Waals surface area contributed by atoms with Crippen LogP contribution in [0, 0.1) is 0 Å². The minimum Gasteiger partial charge on any atom is -0.493 e. The van der Waals surface area contributed by atoms with E-state index in [1.165, 1.54) is 17.9 Å². The molecule has 0 aliphatic rings. The summed E-state index contributed by atoms with van der Waals surface area (Å²) in [5, 5.41) is 13.5. The van der Waals surface area contributed by atoms with Crippen LogP contribution >= 0.6 is 0 Å². The van der Waals surface area contributed by atoms with E-state index < -0.39 is 17.7 Å². The number of aromatic nitrogens is 3. The first-order valence-electron chi connectivity index (χ1n) is 10.7. The van der Waals surface area contributed by atoms with E-state index in [4.69, 9.17) is 14.6 Å². The second kappa shape index (κ2) is 10.6. The summed E-state index contributed by atoms with van der Waals surface area (Å²) < 4.78 is 51.1. The largest absolute Gasteiger partial charge is 0.493 e. The highest BCUT2D eigenvalue weighted by Gasteiger charge is 2.30. The molecule has 182 valence electrons. The number of hydrogen-bond donors (Lipinski definition) is 1. The molecule has 0 saturated heterocycles. The molecule has 0 bridgehead atoms. The van der Waals surface area contributed by atoms with Crippen molar-refractivity contribution < 1.29 is 32.5 Å². The van der Waals surface area contributed by atoms with Crippen LogP contribution in [0.5, 0.6) is 11.5 Å². The van der Waals surface area contributed by atoms with E-state index in [1.807, 2.05) is 13.8 Å². The van der Waals surface area contributed by atoms with Crippen molar-refractivity contribution in [3.8, 4) is 17.3 Å². The van der Waals surface area contributed by atoms with Crippen molar-refractivity contribution in [2.75, 3.05) is 13.7 Å². The molecule has 7 nitrogen and oxygen atoms in total. The maximum absolute atomic E-state index is 12.8. The summed E-state index contributed by atoms with van der Waals surface area (Å²) in [6.07, 6.45) is -0.719. The van der Waals surface area contributed by atoms with Crippen LogP contribution in [0.4, 0.5) is 13.2 Å². The molecule has 0 aliphatic carbocycles. The Kier molecular flexibility index (Phi) is 7.80. The highest BCUT2D eigenvalue weighted by Crippen LogP contribution is 2.30. The molecule has 10 heteroatoms. The fourth-order valence-electron chi connectivity index (χ4n) is 3.47. The Morgan fingerprint density at radius 2 is 1.94 bits per heavy atom. The summed E-state index contributed by atoms with van der Waals surface area (Å²) >= 11 is 0. The molecule has 2 aromatic heterocycles. The Bertz CT molecular complexity index is 1130. The highest BCUT2D eigenvalue weighted by atomic mass is 19.4. The van der Waals surface area contributed by atoms with Gasteiger partial charge in [0.15, 0.2) is 17.3 Å². The van der Waals surface area contributed by atoms with Crippen LogP contribution in [0.1, 0.15) is 48.6 Å². The first-order chi connectivity index (χ1) is 16.1. The van der Waals surface area contributed by atoms with Gasteiger partial charge in [-0.2, -0.15) is 18.3 Å². The molecule has 0 atom stereocenters. The Balaban J connectivity index is 1.68. The lowest BCUT2D eigenvalue weighted by Gasteiger charge is -2.12. The summed E-state index contributed by atoms with van der Waals surface area (Å²) in [4.78, 5) is 14.9. The van der Waals surface area contributed by atoms with Crippen LogP contribution in [0.3, 0.4) is 0 Å². The van der Waals surface area contributed by atoms with Crippen molar-refractivity contribution in [1.82, 2.24) is 14.8 Å². The van der Waals surface area contributed by atoms with Crippen LogP contribution in [0.2, 0.25) is 0 Å². The van der Waals surface area contributed by atoms with Crippen LogP contribution in [0.15, 0.2) is 42.7 Å². The molecule has 0 saturated carbocycles. The van der Waals surface area contributed by atoms with Crippen molar-refractivity contribution in [3.63, 3.8) is 0 Å². The zero-order chi connectivity index (χ0) is 24.9. The number of aliphatic carboxylic acids is 1. The summed E-state index contributed by atoms with van der Waals surface area (Å²) in [6.45, 7) is 4.34. The van der Waals surface area contributed by atoms with Gasteiger partial charge in [0.25, 0.3) is 0 Å². The smallest absolute Gasteiger partial charge is 0.417 e. The summed E-state index contributed by atoms with van der Waals surface area (Å²) in [5.74, 6) is 0.460. The fraction of sp³-hybridized carbons (Fsp3) is 0.375. The third-order valence-corrected chi connectivity index (χ3v) is 5.11. The molecule has 2 heterocycles. The van der Waals surface area contributed by atoms with Gasteiger partial charge in [-0.25, -0.2) is 9.67 Å². The maximum Gasteiger partial charge on any atom is 0.417 e. The van der Waals surface area contributed by atoms with Gasteiger partial charge >= 0.3 is 12.1 Å². The molecule has 0 unspecified atom stereocenters. The van der Waals surface area contributed by atoms with Crippen molar-refractivity contribution in [2.45, 2.75) is 45.2 Å². The minimum atomic E-state index is -4.44. The molecule has 0 fully saturated rings. The Hall–Kier alpha value is -3.56. The summed E-state index contributed by atoms with van der Waals surface area (Å²) in [5.41, 5.74) is 1.58. The molecule has 0 aliphatic heterocycles. The molecular formula is C24H26F3N3O4. The van der Waals surface area contributed by atoms with Crippen molar-refractivity contribution in [3.05, 3.63) is 65.1 Å². The van der Waals surface area contributed by atoms with Gasteiger partial charge in [-0.15, -0.1) is 0 Å². The second-order valence-corrected chi connectivity index (χ2v) is 8.05. The first kappa shape index (κ1) is 25.1. The van der Waals surface area contributed by atoms with E-state index in [1.54, 1.807) is 24.4 Å². The Morgan fingerprint density at radius 1 is 1.18 bits per heavy atom. The number of pyridine rings is 1. The number of halogens is 3. The van der Waals surface area contributed by atoms with E-state index in [9.17, 15) is 18.0 Å². The van der Waals surface area contributed by atoms with Crippen molar-refractivity contribution >= 4 is 5.97 Å². The average Bonchev–Trinajstić information content (AvgIpc) is 3.20. The van der Waals surface area contributed by atoms with Gasteiger partial charge in [-0.1, -0.05) is 19.9 Å². The summed E-state index contributed by atoms with van der Waals surface area (Å²) in [6, 6.07) is 7.28. The van der Waals surface area contributed by atoms with Gasteiger partial charge in [-0.05, 0) is 54.2 Å². The van der Waals surface area contributed by atoms with Gasteiger partial charge in [-0.3, -0.25) is 4.79 Å². The van der Waals surface area contributed by atoms with E-state index in [-0.39, 0.29) is 12.3 Å². The van der Waals surface area contributed by atoms with E-state index in [2.05, 4.69) is 10.1 Å². The van der Waals surface area contributed by atoms with Crippen molar-refractivity contribution in [2.24, 2.45) is 0 Å². The normalized spacial score (nSPS) is 11.6. The number of methoxy groups -OCH3 is 1. The maximum atomic E-state index is 12.8. The van der Waals surface area contributed by atoms with Crippen LogP contribution in [-0.4, -0.2) is 39.6 Å². The summed E-state index contributed by atoms with van der Waals surface area (Å²) in [7, 11) is 1.51. The molecule has 3 rings (SSSR count). The topological polar surface area (TPSA) is 86.5 Å². The van der Waals surface area contributed by atoms with Crippen LogP contribution in [-0.2, 0) is 23.8 Å². The average molecular weight is 477 g/mol. The third kappa shape index (κ3) is 6.27. The number of hydrogen-bond acceptors (Lipinski definition) is 5. The number of benzene rings is 1. The number of carbonyl (C=O) groups is 1. The van der Waals surface area contributed by atoms with E-state index in [0.717, 1.165) is 23.5 Å². The molecule has 1 aromatic carbocycles. The van der Waals surface area contributed by atoms with Gasteiger partial charge < -0.3 is 14.6 Å². The van der Waals surface area contributed by atoms with Gasteiger partial charge in [0.2, 0.25) is 0 Å². The zero-order valence-corrected chi connectivity index (χ0v) is 19.1. The minimum absolute atomic E-state index is 0.111. The zero-order valence-electron chi connectivity index (χ0n) is 19.1. The lowest BCUT2D eigenvalue weighted by Crippen LogP contribution is -2.07. The number of alkyl halides is 3. The molecule has 3 aromatic rings. The molecule has 34 heavy (non-hydrogen) atoms. The van der Waals surface area contributed by atoms with Crippen LogP contribution < -0.4 is 9.47 Å². The number of carboxylic acids is 1. The monoisotopic (exact) mass is 477 g/mol. The second-order valence-electron chi connectivity index (χ2n) is 8.05. The molecule has 0 spiro atoms. The number of carboxylic acid groups (broad SMARTS) is 1. The van der Waals surface area contributed by atoms with E-state index >= 15 is 0 Å². The number of nitrogens with zero attached hydrogens (tertiary/aromatic N) is 3. The number of rotatable bonds is 10. The predicted molar refractivity (Wildman–Crippen MR) is 119 cm³/mol. The van der Waals surface area contributed by atoms with E-state index in [0.29, 0.717) is 42.3 Å². The molecule has 0 radical (unpaired) electrons. The lowest BCUT2D eigenvalue weighted by atomic mass is 10.0. The fourth-order valence-corrected chi connectivity index (χ4v) is 3.47. The van der Waals surface area contributed by atoms with Gasteiger partial charge in [0.1, 0.15) is 0 Å². The standard InChI is InChI=1S/C24H26F3N3O4/c1-15(2)23-17(14-30(29-23)21-9-7-18(13-28-21)24(25,26)27)5-4-10-34-20-11-16(12-22(31)32)6-8-19(20)33-3/h6-9,11,13-15H,4-5,10,12H2,1-3H3,(H,31,32). The quantitative estimate of drug-likeness (QED) is 0.411. The Morgan fingerprint density at radius 3 is 2.53 bits per heavy atom. The molecular weight excluding hydrogens is 451 g/mol. The first-order valence-corrected chi connectivity index (χ1v) is 10.7. The Labute approximate surface area is 195 Å². The number of aryl methyl sites for hydroxylation is 1. The van der Waals surface area contributed by atoms with Crippen molar-refractivity contribution in [1.29, 1.82) is 0 Å². The van der Waals surface area contributed by atoms with Gasteiger partial charge in [0, 0.05) is 12.4 Å². The highest BCUT2D eigenvalue weighted by molar-refractivity contribution is 5.70. The predicted octanol–water partition coefficient (Wildman–Crippen LogP) is 5.06. The van der Waals surface area contributed by atoms with Gasteiger partial charge in [0.05, 0.1) is 31.4 Å². The number of ether oxygens (including phenoxy) is 2. The SMILES string of the molecule is COc1ccc(CC(=O)O)cc1OCCCc1cn(-c2ccc(C(F)(F)F)cn2)nc1C(C)C. The van der Waals surface area contributed by atoms with Crippen LogP contribution in [0.25, 0.3) is 5.82 Å². The lowest BCUT2D eigenvalue weighted by molar-refractivity contribution is -0.138.